The Morgan fingerprint density at radius 3 is 2.67 bits per heavy atom. The normalized spacial score (nSPS) is 43.4. The molecule has 1 nitrogen and oxygen atoms in total. The Bertz CT molecular complexity index is 498. The molecule has 2 saturated carbocycles. The van der Waals surface area contributed by atoms with Crippen LogP contribution in [0.3, 0.4) is 0 Å². The fourth-order valence-corrected chi connectivity index (χ4v) is 5.77. The minimum atomic E-state index is 0.180. The molecule has 0 amide bonds. The Kier molecular flexibility index (Phi) is 3.66. The molecule has 0 aliphatic heterocycles. The summed E-state index contributed by atoms with van der Waals surface area (Å²) in [5.74, 6) is 3.59. The van der Waals surface area contributed by atoms with Gasteiger partial charge in [-0.15, -0.1) is 0 Å². The van der Waals surface area contributed by atoms with Crippen LogP contribution in [0.25, 0.3) is 0 Å². The number of carbonyl (C=O) groups excluding carboxylic acids is 1. The molecule has 3 aliphatic rings. The van der Waals surface area contributed by atoms with Crippen molar-refractivity contribution < 1.29 is 4.79 Å². The molecule has 5 atom stereocenters. The zero-order chi connectivity index (χ0) is 15.4. The van der Waals surface area contributed by atoms with Crippen molar-refractivity contribution in [3.63, 3.8) is 0 Å². The predicted molar refractivity (Wildman–Crippen MR) is 87.9 cm³/mol. The predicted octanol–water partition coefficient (Wildman–Crippen LogP) is 5.18. The largest absolute Gasteiger partial charge is 0.295 e. The fourth-order valence-electron chi connectivity index (χ4n) is 5.77. The van der Waals surface area contributed by atoms with Crippen LogP contribution in [0, 0.1) is 35.0 Å². The van der Waals surface area contributed by atoms with Crippen LogP contribution in [-0.2, 0) is 4.79 Å². The van der Waals surface area contributed by atoms with Crippen molar-refractivity contribution in [1.82, 2.24) is 0 Å². The zero-order valence-corrected chi connectivity index (χ0v) is 14.1. The van der Waals surface area contributed by atoms with Crippen LogP contribution < -0.4 is 0 Å². The first-order chi connectivity index (χ1) is 9.87. The molecule has 0 heterocycles. The summed E-state index contributed by atoms with van der Waals surface area (Å²) in [4.78, 5) is 12.5. The quantitative estimate of drug-likeness (QED) is 0.607. The first-order valence-corrected chi connectivity index (χ1v) is 8.77. The maximum absolute atomic E-state index is 12.5. The minimum Gasteiger partial charge on any atom is -0.295 e. The van der Waals surface area contributed by atoms with E-state index in [9.17, 15) is 4.79 Å². The molecule has 0 unspecified atom stereocenters. The lowest BCUT2D eigenvalue weighted by Gasteiger charge is -2.49. The highest BCUT2D eigenvalue weighted by Gasteiger charge is 2.58. The number of carbonyl (C=O) groups is 1. The SMILES string of the molecule is C=C1CC[C@@H](C(C)C)[C@@H]2C=C(C)C(=O)C[C@]23[C@@H](C)CC[C@@H]13. The third-order valence-electron chi connectivity index (χ3n) is 7.02. The fraction of sp³-hybridized carbons (Fsp3) is 0.750. The highest BCUT2D eigenvalue weighted by molar-refractivity contribution is 5.96. The molecule has 116 valence electrons. The summed E-state index contributed by atoms with van der Waals surface area (Å²) in [6.07, 6.45) is 8.08. The second-order valence-corrected chi connectivity index (χ2v) is 8.22. The van der Waals surface area contributed by atoms with Crippen LogP contribution in [0.2, 0.25) is 0 Å². The van der Waals surface area contributed by atoms with Crippen LogP contribution in [0.1, 0.15) is 59.8 Å². The lowest BCUT2D eigenvalue weighted by molar-refractivity contribution is -0.122. The average molecular weight is 286 g/mol. The van der Waals surface area contributed by atoms with Gasteiger partial charge in [0.1, 0.15) is 0 Å². The van der Waals surface area contributed by atoms with E-state index in [0.29, 0.717) is 35.4 Å². The van der Waals surface area contributed by atoms with Crippen molar-refractivity contribution in [2.75, 3.05) is 0 Å². The van der Waals surface area contributed by atoms with Gasteiger partial charge in [0.2, 0.25) is 0 Å². The Morgan fingerprint density at radius 2 is 2.00 bits per heavy atom. The number of rotatable bonds is 1. The van der Waals surface area contributed by atoms with Gasteiger partial charge < -0.3 is 0 Å². The van der Waals surface area contributed by atoms with Crippen molar-refractivity contribution >= 4 is 5.78 Å². The Labute approximate surface area is 129 Å². The number of Topliss-reactive ketones (excluding diaryl/α,β-unsaturated/α-hetero) is 1. The van der Waals surface area contributed by atoms with E-state index in [1.165, 1.54) is 31.3 Å². The molecule has 0 N–H and O–H groups in total. The molecule has 21 heavy (non-hydrogen) atoms. The van der Waals surface area contributed by atoms with Gasteiger partial charge in [0.15, 0.2) is 5.78 Å². The molecule has 1 heteroatoms. The number of hydrogen-bond donors (Lipinski definition) is 0. The van der Waals surface area contributed by atoms with Crippen molar-refractivity contribution in [3.05, 3.63) is 23.8 Å². The van der Waals surface area contributed by atoms with Crippen LogP contribution >= 0.6 is 0 Å². The number of hydrogen-bond acceptors (Lipinski definition) is 1. The third-order valence-corrected chi connectivity index (χ3v) is 7.02. The summed E-state index contributed by atoms with van der Waals surface area (Å²) in [7, 11) is 0. The molecular weight excluding hydrogens is 256 g/mol. The molecule has 3 rings (SSSR count). The van der Waals surface area contributed by atoms with Crippen LogP contribution in [0.5, 0.6) is 0 Å². The van der Waals surface area contributed by atoms with Gasteiger partial charge in [-0.2, -0.15) is 0 Å². The monoisotopic (exact) mass is 286 g/mol. The maximum Gasteiger partial charge on any atom is 0.158 e. The molecule has 0 aromatic carbocycles. The lowest BCUT2D eigenvalue weighted by Crippen LogP contribution is -2.46. The lowest BCUT2D eigenvalue weighted by atomic mass is 9.54. The van der Waals surface area contributed by atoms with Gasteiger partial charge >= 0.3 is 0 Å². The second-order valence-electron chi connectivity index (χ2n) is 8.22. The molecular formula is C20H30O. The third kappa shape index (κ3) is 2.07. The van der Waals surface area contributed by atoms with Crippen molar-refractivity contribution in [2.24, 2.45) is 35.0 Å². The van der Waals surface area contributed by atoms with Crippen molar-refractivity contribution in [2.45, 2.75) is 59.8 Å². The first-order valence-electron chi connectivity index (χ1n) is 8.77. The Hall–Kier alpha value is -0.850. The van der Waals surface area contributed by atoms with Gasteiger partial charge in [0.25, 0.3) is 0 Å². The van der Waals surface area contributed by atoms with Crippen LogP contribution in [-0.4, -0.2) is 5.78 Å². The Balaban J connectivity index is 2.16. The van der Waals surface area contributed by atoms with E-state index >= 15 is 0 Å². The Morgan fingerprint density at radius 1 is 1.29 bits per heavy atom. The molecule has 0 bridgehead atoms. The summed E-state index contributed by atoms with van der Waals surface area (Å²) in [6.45, 7) is 13.6. The van der Waals surface area contributed by atoms with Gasteiger partial charge in [0, 0.05) is 6.42 Å². The first kappa shape index (κ1) is 15.1. The van der Waals surface area contributed by atoms with Gasteiger partial charge in [-0.25, -0.2) is 0 Å². The van der Waals surface area contributed by atoms with Gasteiger partial charge in [-0.3, -0.25) is 4.79 Å². The van der Waals surface area contributed by atoms with E-state index in [2.05, 4.69) is 33.4 Å². The van der Waals surface area contributed by atoms with Crippen molar-refractivity contribution in [3.8, 4) is 0 Å². The van der Waals surface area contributed by atoms with E-state index in [1.54, 1.807) is 0 Å². The van der Waals surface area contributed by atoms with E-state index in [4.69, 9.17) is 0 Å². The maximum atomic E-state index is 12.5. The number of allylic oxidation sites excluding steroid dienone is 3. The topological polar surface area (TPSA) is 17.1 Å². The van der Waals surface area contributed by atoms with Crippen LogP contribution in [0.15, 0.2) is 23.8 Å². The summed E-state index contributed by atoms with van der Waals surface area (Å²) in [5, 5.41) is 0. The van der Waals surface area contributed by atoms with E-state index in [-0.39, 0.29) is 5.41 Å². The van der Waals surface area contributed by atoms with Gasteiger partial charge in [0.05, 0.1) is 0 Å². The molecule has 0 aromatic heterocycles. The summed E-state index contributed by atoms with van der Waals surface area (Å²) in [6, 6.07) is 0. The van der Waals surface area contributed by atoms with Crippen molar-refractivity contribution in [1.29, 1.82) is 0 Å². The molecule has 1 spiro atoms. The van der Waals surface area contributed by atoms with Crippen LogP contribution in [0.4, 0.5) is 0 Å². The zero-order valence-electron chi connectivity index (χ0n) is 14.1. The highest BCUT2D eigenvalue weighted by Crippen LogP contribution is 2.64. The molecule has 2 fully saturated rings. The molecule has 0 aromatic rings. The molecule has 0 saturated heterocycles. The highest BCUT2D eigenvalue weighted by atomic mass is 16.1. The second kappa shape index (κ2) is 5.11. The number of ketones is 1. The summed E-state index contributed by atoms with van der Waals surface area (Å²) in [5.41, 5.74) is 2.63. The van der Waals surface area contributed by atoms with E-state index in [0.717, 1.165) is 12.0 Å². The molecule has 3 aliphatic carbocycles. The van der Waals surface area contributed by atoms with E-state index < -0.39 is 0 Å². The standard InChI is InChI=1S/C20H30O/c1-12(2)16-8-6-13(3)17-9-7-15(5)20(17)11-19(21)14(4)10-18(16)20/h10,12,15-18H,3,6-9,11H2,1-2,4-5H3/t15-,16-,17-,18-,20+/m0/s1. The smallest absolute Gasteiger partial charge is 0.158 e. The minimum absolute atomic E-state index is 0.180. The molecule has 0 radical (unpaired) electrons. The average Bonchev–Trinajstić information content (AvgIpc) is 2.66. The van der Waals surface area contributed by atoms with E-state index in [1.807, 2.05) is 6.92 Å². The van der Waals surface area contributed by atoms with Gasteiger partial charge in [-0.05, 0) is 73.2 Å². The summed E-state index contributed by atoms with van der Waals surface area (Å²) >= 11 is 0. The van der Waals surface area contributed by atoms with Gasteiger partial charge in [-0.1, -0.05) is 39.0 Å². The summed E-state index contributed by atoms with van der Waals surface area (Å²) < 4.78 is 0.